The smallest absolute Gasteiger partial charge is 0.127 e. The number of rotatable bonds is 4. The van der Waals surface area contributed by atoms with Gasteiger partial charge in [-0.25, -0.2) is 0 Å². The average Bonchev–Trinajstić information content (AvgIpc) is 2.94. The molecule has 1 unspecified atom stereocenters. The summed E-state index contributed by atoms with van der Waals surface area (Å²) in [7, 11) is 0. The highest BCUT2D eigenvalue weighted by Gasteiger charge is 2.13. The normalized spacial score (nSPS) is 12.1. The summed E-state index contributed by atoms with van der Waals surface area (Å²) in [5, 5.41) is 10.4. The summed E-state index contributed by atoms with van der Waals surface area (Å²) >= 11 is 7.29. The van der Waals surface area contributed by atoms with Gasteiger partial charge >= 0.3 is 0 Å². The van der Waals surface area contributed by atoms with Gasteiger partial charge in [0.2, 0.25) is 0 Å². The number of ether oxygens (including phenoxy) is 1. The molecule has 4 heteroatoms. The number of aliphatic hydroxyl groups excluding tert-OH is 1. The number of aliphatic hydroxyl groups is 1. The number of hydrogen-bond acceptors (Lipinski definition) is 3. The van der Waals surface area contributed by atoms with Gasteiger partial charge in [0.05, 0.1) is 4.34 Å². The Bertz CT molecular complexity index is 724. The van der Waals surface area contributed by atoms with E-state index in [9.17, 15) is 5.11 Å². The Morgan fingerprint density at radius 3 is 2.38 bits per heavy atom. The van der Waals surface area contributed by atoms with Crippen molar-refractivity contribution in [3.05, 3.63) is 81.5 Å². The molecule has 0 aliphatic rings. The second-order valence-corrected chi connectivity index (χ2v) is 6.28. The fourth-order valence-corrected chi connectivity index (χ4v) is 3.09. The third-order valence-electron chi connectivity index (χ3n) is 3.02. The third-order valence-corrected chi connectivity index (χ3v) is 4.30. The molecule has 0 spiro atoms. The Morgan fingerprint density at radius 2 is 1.67 bits per heavy atom. The van der Waals surface area contributed by atoms with Crippen LogP contribution in [0.2, 0.25) is 4.34 Å². The standard InChI is InChI=1S/C17H13ClO2S/c18-16-10-9-15(21-16)17(19)12-5-4-8-14(11-12)20-13-6-2-1-3-7-13/h1-11,17,19H. The van der Waals surface area contributed by atoms with E-state index in [0.717, 1.165) is 16.2 Å². The number of hydrogen-bond donors (Lipinski definition) is 1. The minimum absolute atomic E-state index is 0.667. The van der Waals surface area contributed by atoms with Crippen molar-refractivity contribution in [2.45, 2.75) is 6.10 Å². The largest absolute Gasteiger partial charge is 0.457 e. The lowest BCUT2D eigenvalue weighted by Crippen LogP contribution is -1.97. The van der Waals surface area contributed by atoms with Crippen molar-refractivity contribution in [1.82, 2.24) is 0 Å². The molecule has 0 amide bonds. The molecule has 1 atom stereocenters. The molecule has 2 aromatic carbocycles. The van der Waals surface area contributed by atoms with Crippen molar-refractivity contribution in [1.29, 1.82) is 0 Å². The SMILES string of the molecule is OC(c1cccc(Oc2ccccc2)c1)c1ccc(Cl)s1. The quantitative estimate of drug-likeness (QED) is 0.710. The highest BCUT2D eigenvalue weighted by atomic mass is 35.5. The fourth-order valence-electron chi connectivity index (χ4n) is 2.01. The molecule has 1 aromatic heterocycles. The second kappa shape index (κ2) is 6.31. The maximum absolute atomic E-state index is 10.4. The lowest BCUT2D eigenvalue weighted by Gasteiger charge is -2.11. The van der Waals surface area contributed by atoms with E-state index in [-0.39, 0.29) is 0 Å². The summed E-state index contributed by atoms with van der Waals surface area (Å²) in [5.41, 5.74) is 0.780. The molecule has 21 heavy (non-hydrogen) atoms. The molecule has 0 fully saturated rings. The summed E-state index contributed by atoms with van der Waals surface area (Å²) in [6.45, 7) is 0. The maximum Gasteiger partial charge on any atom is 0.127 e. The molecule has 1 N–H and O–H groups in total. The maximum atomic E-state index is 10.4. The van der Waals surface area contributed by atoms with Crippen LogP contribution in [0.15, 0.2) is 66.7 Å². The van der Waals surface area contributed by atoms with Gasteiger partial charge in [-0.1, -0.05) is 41.9 Å². The molecule has 3 aromatic rings. The van der Waals surface area contributed by atoms with Crippen LogP contribution in [-0.2, 0) is 0 Å². The van der Waals surface area contributed by atoms with E-state index < -0.39 is 6.10 Å². The van der Waals surface area contributed by atoms with E-state index in [0.29, 0.717) is 10.1 Å². The van der Waals surface area contributed by atoms with Crippen LogP contribution in [0.5, 0.6) is 11.5 Å². The molecular weight excluding hydrogens is 304 g/mol. The lowest BCUT2D eigenvalue weighted by atomic mass is 10.1. The number of para-hydroxylation sites is 1. The molecule has 0 radical (unpaired) electrons. The van der Waals surface area contributed by atoms with Gasteiger partial charge in [0.15, 0.2) is 0 Å². The van der Waals surface area contributed by atoms with Gasteiger partial charge in [-0.15, -0.1) is 11.3 Å². The molecule has 0 saturated heterocycles. The van der Waals surface area contributed by atoms with E-state index in [1.807, 2.05) is 60.7 Å². The van der Waals surface area contributed by atoms with Crippen LogP contribution >= 0.6 is 22.9 Å². The Morgan fingerprint density at radius 1 is 0.905 bits per heavy atom. The predicted molar refractivity (Wildman–Crippen MR) is 86.3 cm³/mol. The van der Waals surface area contributed by atoms with Crippen molar-refractivity contribution in [3.63, 3.8) is 0 Å². The summed E-state index contributed by atoms with van der Waals surface area (Å²) in [6.07, 6.45) is -0.693. The molecule has 2 nitrogen and oxygen atoms in total. The van der Waals surface area contributed by atoms with Gasteiger partial charge in [-0.2, -0.15) is 0 Å². The Kier molecular flexibility index (Phi) is 4.25. The summed E-state index contributed by atoms with van der Waals surface area (Å²) in [5.74, 6) is 1.46. The number of thiophene rings is 1. The minimum Gasteiger partial charge on any atom is -0.457 e. The van der Waals surface area contributed by atoms with Crippen molar-refractivity contribution in [2.24, 2.45) is 0 Å². The van der Waals surface area contributed by atoms with Crippen molar-refractivity contribution < 1.29 is 9.84 Å². The summed E-state index contributed by atoms with van der Waals surface area (Å²) in [4.78, 5) is 0.817. The van der Waals surface area contributed by atoms with Gasteiger partial charge in [-0.05, 0) is 42.0 Å². The highest BCUT2D eigenvalue weighted by Crippen LogP contribution is 2.32. The molecule has 0 saturated carbocycles. The van der Waals surface area contributed by atoms with Crippen molar-refractivity contribution in [2.75, 3.05) is 0 Å². The minimum atomic E-state index is -0.693. The first-order valence-corrected chi connectivity index (χ1v) is 7.68. The van der Waals surface area contributed by atoms with E-state index in [4.69, 9.17) is 16.3 Å². The van der Waals surface area contributed by atoms with Crippen molar-refractivity contribution >= 4 is 22.9 Å². The molecule has 3 rings (SSSR count). The Labute approximate surface area is 132 Å². The molecule has 0 aliphatic carbocycles. The van der Waals surface area contributed by atoms with Crippen LogP contribution in [0.3, 0.4) is 0 Å². The molecular formula is C17H13ClO2S. The van der Waals surface area contributed by atoms with E-state index in [1.54, 1.807) is 6.07 Å². The first kappa shape index (κ1) is 14.1. The first-order valence-electron chi connectivity index (χ1n) is 6.48. The molecule has 1 heterocycles. The monoisotopic (exact) mass is 316 g/mol. The fraction of sp³-hybridized carbons (Fsp3) is 0.0588. The highest BCUT2D eigenvalue weighted by molar-refractivity contribution is 7.16. The van der Waals surface area contributed by atoms with Crippen molar-refractivity contribution in [3.8, 4) is 11.5 Å². The van der Waals surface area contributed by atoms with Crippen LogP contribution in [0.25, 0.3) is 0 Å². The predicted octanol–water partition coefficient (Wildman–Crippen LogP) is 5.28. The van der Waals surface area contributed by atoms with Gasteiger partial charge in [0.1, 0.15) is 17.6 Å². The third kappa shape index (κ3) is 3.45. The molecule has 0 aliphatic heterocycles. The lowest BCUT2D eigenvalue weighted by molar-refractivity contribution is 0.224. The van der Waals surface area contributed by atoms with Crippen LogP contribution in [0.4, 0.5) is 0 Å². The van der Waals surface area contributed by atoms with Gasteiger partial charge in [0, 0.05) is 4.88 Å². The Balaban J connectivity index is 1.83. The van der Waals surface area contributed by atoms with Gasteiger partial charge in [0.25, 0.3) is 0 Å². The van der Waals surface area contributed by atoms with Crippen LogP contribution in [0.1, 0.15) is 16.5 Å². The first-order chi connectivity index (χ1) is 10.2. The second-order valence-electron chi connectivity index (χ2n) is 4.53. The summed E-state index contributed by atoms with van der Waals surface area (Å²) < 4.78 is 6.44. The van der Waals surface area contributed by atoms with Crippen LogP contribution < -0.4 is 4.74 Å². The van der Waals surface area contributed by atoms with Gasteiger partial charge in [-0.3, -0.25) is 0 Å². The zero-order chi connectivity index (χ0) is 14.7. The number of benzene rings is 2. The summed E-state index contributed by atoms with van der Waals surface area (Å²) in [6, 6.07) is 20.6. The van der Waals surface area contributed by atoms with Gasteiger partial charge < -0.3 is 9.84 Å². The Hall–Kier alpha value is -1.81. The molecule has 0 bridgehead atoms. The zero-order valence-corrected chi connectivity index (χ0v) is 12.6. The topological polar surface area (TPSA) is 29.5 Å². The van der Waals surface area contributed by atoms with E-state index >= 15 is 0 Å². The van der Waals surface area contributed by atoms with E-state index in [1.165, 1.54) is 11.3 Å². The zero-order valence-electron chi connectivity index (χ0n) is 11.1. The van der Waals surface area contributed by atoms with E-state index in [2.05, 4.69) is 0 Å². The molecule has 106 valence electrons. The average molecular weight is 317 g/mol. The van der Waals surface area contributed by atoms with Crippen LogP contribution in [0, 0.1) is 0 Å². The van der Waals surface area contributed by atoms with Crippen LogP contribution in [-0.4, -0.2) is 5.11 Å². The number of halogens is 1.